The van der Waals surface area contributed by atoms with Crippen LogP contribution >= 0.6 is 11.8 Å². The van der Waals surface area contributed by atoms with E-state index in [1.54, 1.807) is 0 Å². The molecule has 1 rings (SSSR count). The number of hydrogen-bond acceptors (Lipinski definition) is 3. The quantitative estimate of drug-likeness (QED) is 0.604. The summed E-state index contributed by atoms with van der Waals surface area (Å²) in [5, 5.41) is 8.51. The molecule has 0 heterocycles. The molecule has 0 aromatic heterocycles. The third-order valence-corrected chi connectivity index (χ3v) is 3.67. The first-order valence-corrected chi connectivity index (χ1v) is 7.20. The second-order valence-corrected chi connectivity index (χ2v) is 5.45. The predicted molar refractivity (Wildman–Crippen MR) is 72.9 cm³/mol. The highest BCUT2D eigenvalue weighted by molar-refractivity contribution is 8.13. The lowest BCUT2D eigenvalue weighted by Gasteiger charge is -2.05. The molecular weight excluding hydrogens is 286 g/mol. The highest BCUT2D eigenvalue weighted by Crippen LogP contribution is 2.27. The van der Waals surface area contributed by atoms with Gasteiger partial charge in [0.15, 0.2) is 5.12 Å². The van der Waals surface area contributed by atoms with Crippen LogP contribution in [0.3, 0.4) is 0 Å². The van der Waals surface area contributed by atoms with E-state index in [9.17, 15) is 18.4 Å². The van der Waals surface area contributed by atoms with Crippen molar-refractivity contribution in [2.45, 2.75) is 43.9 Å². The van der Waals surface area contributed by atoms with Crippen LogP contribution in [0.1, 0.15) is 49.4 Å². The van der Waals surface area contributed by atoms with Gasteiger partial charge in [-0.15, -0.1) is 0 Å². The monoisotopic (exact) mass is 302 g/mol. The van der Waals surface area contributed by atoms with Crippen molar-refractivity contribution in [3.63, 3.8) is 0 Å². The Bertz CT molecular complexity index is 503. The van der Waals surface area contributed by atoms with Gasteiger partial charge in [-0.3, -0.25) is 4.79 Å². The fourth-order valence-electron chi connectivity index (χ4n) is 1.64. The number of unbranched alkanes of at least 4 members (excludes halogenated alkanes) is 3. The van der Waals surface area contributed by atoms with Gasteiger partial charge in [0.05, 0.1) is 10.5 Å². The predicted octanol–water partition coefficient (Wildman–Crippen LogP) is 4.25. The maximum Gasteiger partial charge on any atom is 0.338 e. The summed E-state index contributed by atoms with van der Waals surface area (Å²) in [6.45, 7) is 2.05. The average Bonchev–Trinajstić information content (AvgIpc) is 2.37. The first-order chi connectivity index (χ1) is 9.45. The molecule has 1 aromatic carbocycles. The molecule has 0 fully saturated rings. The molecule has 0 radical (unpaired) electrons. The smallest absolute Gasteiger partial charge is 0.338 e. The third-order valence-electron chi connectivity index (χ3n) is 2.71. The summed E-state index contributed by atoms with van der Waals surface area (Å²) >= 11 is 0.625. The molecule has 1 aromatic rings. The number of thioether (sulfide) groups is 1. The van der Waals surface area contributed by atoms with Gasteiger partial charge in [-0.05, 0) is 24.2 Å². The van der Waals surface area contributed by atoms with Gasteiger partial charge in [0.1, 0.15) is 11.6 Å². The van der Waals surface area contributed by atoms with Gasteiger partial charge in [-0.25, -0.2) is 13.6 Å². The fourth-order valence-corrected chi connectivity index (χ4v) is 2.47. The zero-order valence-corrected chi connectivity index (χ0v) is 11.9. The second kappa shape index (κ2) is 7.99. The molecule has 0 amide bonds. The second-order valence-electron chi connectivity index (χ2n) is 4.35. The van der Waals surface area contributed by atoms with Crippen LogP contribution in [0.4, 0.5) is 8.78 Å². The number of benzene rings is 1. The van der Waals surface area contributed by atoms with E-state index < -0.39 is 23.2 Å². The Balaban J connectivity index is 2.69. The van der Waals surface area contributed by atoms with Crippen molar-refractivity contribution in [1.82, 2.24) is 0 Å². The van der Waals surface area contributed by atoms with Crippen LogP contribution in [-0.4, -0.2) is 16.2 Å². The molecule has 0 aliphatic carbocycles. The van der Waals surface area contributed by atoms with E-state index in [1.807, 2.05) is 0 Å². The number of carbonyl (C=O) groups excluding carboxylic acids is 1. The van der Waals surface area contributed by atoms with Crippen molar-refractivity contribution in [1.29, 1.82) is 0 Å². The van der Waals surface area contributed by atoms with Crippen LogP contribution < -0.4 is 0 Å². The summed E-state index contributed by atoms with van der Waals surface area (Å²) in [7, 11) is 0. The number of carboxylic acids is 1. The van der Waals surface area contributed by atoms with E-state index in [1.165, 1.54) is 0 Å². The van der Waals surface area contributed by atoms with E-state index in [4.69, 9.17) is 5.11 Å². The number of hydrogen-bond donors (Lipinski definition) is 1. The van der Waals surface area contributed by atoms with Crippen LogP contribution in [0, 0.1) is 11.6 Å². The maximum absolute atomic E-state index is 13.5. The van der Waals surface area contributed by atoms with Crippen molar-refractivity contribution in [3.05, 3.63) is 29.3 Å². The van der Waals surface area contributed by atoms with Crippen molar-refractivity contribution < 1.29 is 23.5 Å². The van der Waals surface area contributed by atoms with Gasteiger partial charge in [-0.2, -0.15) is 0 Å². The van der Waals surface area contributed by atoms with Crippen LogP contribution in [0.25, 0.3) is 0 Å². The van der Waals surface area contributed by atoms with Gasteiger partial charge in [-0.1, -0.05) is 26.2 Å². The molecule has 0 saturated carbocycles. The Morgan fingerprint density at radius 1 is 1.15 bits per heavy atom. The Hall–Kier alpha value is -1.43. The van der Waals surface area contributed by atoms with E-state index in [0.29, 0.717) is 30.7 Å². The van der Waals surface area contributed by atoms with Crippen molar-refractivity contribution in [2.24, 2.45) is 0 Å². The molecule has 0 bridgehead atoms. The van der Waals surface area contributed by atoms with Crippen LogP contribution in [0.5, 0.6) is 0 Å². The van der Waals surface area contributed by atoms with Gasteiger partial charge in [0, 0.05) is 12.5 Å². The Morgan fingerprint density at radius 3 is 2.45 bits per heavy atom. The topological polar surface area (TPSA) is 54.4 Å². The Morgan fingerprint density at radius 2 is 1.85 bits per heavy atom. The minimum absolute atomic E-state index is 0.149. The molecule has 0 spiro atoms. The van der Waals surface area contributed by atoms with E-state index >= 15 is 0 Å². The number of rotatable bonds is 7. The highest BCUT2D eigenvalue weighted by atomic mass is 32.2. The molecule has 1 N–H and O–H groups in total. The first kappa shape index (κ1) is 16.6. The molecule has 0 unspecified atom stereocenters. The van der Waals surface area contributed by atoms with Crippen molar-refractivity contribution in [3.8, 4) is 0 Å². The molecule has 110 valence electrons. The summed E-state index contributed by atoms with van der Waals surface area (Å²) in [6.07, 6.45) is 4.02. The molecular formula is C14H16F2O3S. The minimum atomic E-state index is -1.49. The summed E-state index contributed by atoms with van der Waals surface area (Å²) in [5.41, 5.74) is -0.632. The zero-order valence-electron chi connectivity index (χ0n) is 11.1. The standard InChI is InChI=1S/C14H16F2O3S/c1-2-3-4-5-6-13(17)20-12-7-9(14(18)19)10(15)8-11(12)16/h7-8H,2-6H2,1H3,(H,18,19). The number of carbonyl (C=O) groups is 2. The van der Waals surface area contributed by atoms with E-state index in [-0.39, 0.29) is 10.0 Å². The molecule has 0 saturated heterocycles. The van der Waals surface area contributed by atoms with Crippen molar-refractivity contribution >= 4 is 22.8 Å². The molecule has 0 aliphatic rings. The summed E-state index contributed by atoms with van der Waals surface area (Å²) in [5.74, 6) is -3.55. The van der Waals surface area contributed by atoms with Crippen LogP contribution in [0.15, 0.2) is 17.0 Å². The van der Waals surface area contributed by atoms with E-state index in [0.717, 1.165) is 25.3 Å². The molecule has 20 heavy (non-hydrogen) atoms. The molecule has 3 nitrogen and oxygen atoms in total. The van der Waals surface area contributed by atoms with Crippen LogP contribution in [0.2, 0.25) is 0 Å². The molecule has 0 atom stereocenters. The van der Waals surface area contributed by atoms with Gasteiger partial charge >= 0.3 is 5.97 Å². The normalized spacial score (nSPS) is 10.6. The number of carboxylic acid groups (broad SMARTS) is 1. The van der Waals surface area contributed by atoms with Crippen LogP contribution in [-0.2, 0) is 4.79 Å². The first-order valence-electron chi connectivity index (χ1n) is 6.38. The largest absolute Gasteiger partial charge is 0.478 e. The summed E-state index contributed by atoms with van der Waals surface area (Å²) < 4.78 is 26.7. The van der Waals surface area contributed by atoms with E-state index in [2.05, 4.69) is 6.92 Å². The maximum atomic E-state index is 13.5. The number of halogens is 2. The minimum Gasteiger partial charge on any atom is -0.478 e. The highest BCUT2D eigenvalue weighted by Gasteiger charge is 2.17. The summed E-state index contributed by atoms with van der Waals surface area (Å²) in [4.78, 5) is 22.3. The lowest BCUT2D eigenvalue weighted by Crippen LogP contribution is -2.03. The lowest BCUT2D eigenvalue weighted by molar-refractivity contribution is -0.111. The zero-order chi connectivity index (χ0) is 15.1. The lowest BCUT2D eigenvalue weighted by atomic mass is 10.2. The average molecular weight is 302 g/mol. The third kappa shape index (κ3) is 4.92. The van der Waals surface area contributed by atoms with Gasteiger partial charge < -0.3 is 5.11 Å². The number of aromatic carboxylic acids is 1. The van der Waals surface area contributed by atoms with Gasteiger partial charge in [0.25, 0.3) is 0 Å². The Labute approximate surface area is 120 Å². The Kier molecular flexibility index (Phi) is 6.64. The fraction of sp³-hybridized carbons (Fsp3) is 0.429. The molecule has 0 aliphatic heterocycles. The molecule has 6 heteroatoms. The SMILES string of the molecule is CCCCCCC(=O)Sc1cc(C(=O)O)c(F)cc1F. The van der Waals surface area contributed by atoms with Crippen molar-refractivity contribution in [2.75, 3.05) is 0 Å². The summed E-state index contributed by atoms with van der Waals surface area (Å²) in [6, 6.07) is 1.36. The van der Waals surface area contributed by atoms with Gasteiger partial charge in [0.2, 0.25) is 0 Å².